The highest BCUT2D eigenvalue weighted by Gasteiger charge is 2.26. The molecule has 1 aromatic heterocycles. The third-order valence-electron chi connectivity index (χ3n) is 3.68. The number of hydrogen-bond acceptors (Lipinski definition) is 5. The van der Waals surface area contributed by atoms with Gasteiger partial charge in [0.15, 0.2) is 5.03 Å². The van der Waals surface area contributed by atoms with Crippen LogP contribution in [-0.2, 0) is 9.84 Å². The summed E-state index contributed by atoms with van der Waals surface area (Å²) in [6, 6.07) is 5.84. The number of amides is 1. The number of rotatable bonds is 5. The van der Waals surface area contributed by atoms with Crippen molar-refractivity contribution in [3.8, 4) is 5.75 Å². The second-order valence-electron chi connectivity index (χ2n) is 5.21. The van der Waals surface area contributed by atoms with Crippen LogP contribution in [0, 0.1) is 6.92 Å². The molecule has 1 heterocycles. The molecule has 0 aliphatic heterocycles. The van der Waals surface area contributed by atoms with Crippen molar-refractivity contribution in [3.05, 3.63) is 36.0 Å². The van der Waals surface area contributed by atoms with Crippen LogP contribution in [0.2, 0.25) is 0 Å². The first-order chi connectivity index (χ1) is 11.3. The molecule has 24 heavy (non-hydrogen) atoms. The normalized spacial score (nSPS) is 11.3. The molecule has 0 radical (unpaired) electrons. The van der Waals surface area contributed by atoms with Crippen molar-refractivity contribution in [1.82, 2.24) is 14.7 Å². The largest absolute Gasteiger partial charge is 0.495 e. The van der Waals surface area contributed by atoms with Gasteiger partial charge in [0.25, 0.3) is 0 Å². The second-order valence-corrected chi connectivity index (χ2v) is 7.08. The molecular formula is C16H21N3O4S. The van der Waals surface area contributed by atoms with E-state index in [2.05, 4.69) is 5.10 Å². The van der Waals surface area contributed by atoms with E-state index in [0.717, 1.165) is 10.2 Å². The molecule has 0 bridgehead atoms. The summed E-state index contributed by atoms with van der Waals surface area (Å²) >= 11 is 0. The fourth-order valence-corrected chi connectivity index (χ4v) is 3.72. The average molecular weight is 351 g/mol. The van der Waals surface area contributed by atoms with Crippen LogP contribution in [0.5, 0.6) is 5.75 Å². The molecular weight excluding hydrogens is 330 g/mol. The summed E-state index contributed by atoms with van der Waals surface area (Å²) in [7, 11) is -2.47. The van der Waals surface area contributed by atoms with Crippen LogP contribution in [-0.4, -0.2) is 49.3 Å². The van der Waals surface area contributed by atoms with Crippen molar-refractivity contribution in [1.29, 1.82) is 0 Å². The fraction of sp³-hybridized carbons (Fsp3) is 0.375. The Labute approximate surface area is 141 Å². The molecule has 0 saturated heterocycles. The van der Waals surface area contributed by atoms with Crippen LogP contribution in [0.15, 0.2) is 40.4 Å². The molecule has 7 nitrogen and oxygen atoms in total. The Morgan fingerprint density at radius 3 is 2.50 bits per heavy atom. The van der Waals surface area contributed by atoms with Crippen LogP contribution >= 0.6 is 0 Å². The average Bonchev–Trinajstić information content (AvgIpc) is 3.06. The number of methoxy groups -OCH3 is 1. The van der Waals surface area contributed by atoms with E-state index < -0.39 is 9.84 Å². The Balaban J connectivity index is 2.46. The van der Waals surface area contributed by atoms with E-state index in [1.54, 1.807) is 24.0 Å². The Bertz CT molecular complexity index is 839. The van der Waals surface area contributed by atoms with E-state index in [0.29, 0.717) is 13.1 Å². The first-order valence-corrected chi connectivity index (χ1v) is 9.08. The molecule has 0 saturated carbocycles. The lowest BCUT2D eigenvalue weighted by Gasteiger charge is -2.17. The number of ether oxygens (including phenoxy) is 1. The van der Waals surface area contributed by atoms with Gasteiger partial charge < -0.3 is 9.64 Å². The van der Waals surface area contributed by atoms with Gasteiger partial charge in [-0.3, -0.25) is 0 Å². The maximum Gasteiger partial charge on any atom is 0.344 e. The summed E-state index contributed by atoms with van der Waals surface area (Å²) in [6.07, 6.45) is 1.36. The SMILES string of the molecule is CCN(CC)C(=O)n1ccc(S(=O)(=O)c2cc(C)ccc2OC)n1. The van der Waals surface area contributed by atoms with Crippen LogP contribution < -0.4 is 4.74 Å². The number of hydrogen-bond donors (Lipinski definition) is 0. The molecule has 130 valence electrons. The first kappa shape index (κ1) is 18.0. The summed E-state index contributed by atoms with van der Waals surface area (Å²) in [6.45, 7) is 6.52. The molecule has 0 fully saturated rings. The maximum absolute atomic E-state index is 12.8. The standard InChI is InChI=1S/C16H21N3O4S/c1-5-18(6-2)16(20)19-10-9-15(17-19)24(21,22)14-11-12(3)7-8-13(14)23-4/h7-11H,5-6H2,1-4H3. The van der Waals surface area contributed by atoms with Crippen molar-refractivity contribution >= 4 is 15.9 Å². The monoisotopic (exact) mass is 351 g/mol. The van der Waals surface area contributed by atoms with Crippen LogP contribution in [0.25, 0.3) is 0 Å². The highest BCUT2D eigenvalue weighted by molar-refractivity contribution is 7.91. The molecule has 2 aromatic rings. The Morgan fingerprint density at radius 2 is 1.92 bits per heavy atom. The van der Waals surface area contributed by atoms with Gasteiger partial charge >= 0.3 is 6.03 Å². The molecule has 0 N–H and O–H groups in total. The lowest BCUT2D eigenvalue weighted by molar-refractivity contribution is 0.201. The first-order valence-electron chi connectivity index (χ1n) is 7.59. The van der Waals surface area contributed by atoms with Crippen LogP contribution in [0.4, 0.5) is 4.79 Å². The van der Waals surface area contributed by atoms with Crippen molar-refractivity contribution in [2.24, 2.45) is 0 Å². The number of benzene rings is 1. The lowest BCUT2D eigenvalue weighted by Crippen LogP contribution is -2.34. The third kappa shape index (κ3) is 3.28. The molecule has 0 atom stereocenters. The van der Waals surface area contributed by atoms with Gasteiger partial charge in [0.05, 0.1) is 7.11 Å². The van der Waals surface area contributed by atoms with Gasteiger partial charge in [-0.15, -0.1) is 0 Å². The predicted octanol–water partition coefficient (Wildman–Crippen LogP) is 2.34. The van der Waals surface area contributed by atoms with E-state index in [4.69, 9.17) is 4.74 Å². The third-order valence-corrected chi connectivity index (χ3v) is 5.34. The fourth-order valence-electron chi connectivity index (χ4n) is 2.30. The van der Waals surface area contributed by atoms with Gasteiger partial charge in [0, 0.05) is 19.3 Å². The van der Waals surface area contributed by atoms with Gasteiger partial charge in [0.1, 0.15) is 10.6 Å². The lowest BCUT2D eigenvalue weighted by atomic mass is 10.2. The summed E-state index contributed by atoms with van der Waals surface area (Å²) < 4.78 is 31.9. The zero-order valence-electron chi connectivity index (χ0n) is 14.2. The van der Waals surface area contributed by atoms with Crippen LogP contribution in [0.3, 0.4) is 0 Å². The Kier molecular flexibility index (Phi) is 5.28. The summed E-state index contributed by atoms with van der Waals surface area (Å²) in [5, 5.41) is 3.77. The van der Waals surface area contributed by atoms with Gasteiger partial charge in [-0.1, -0.05) is 6.07 Å². The van der Waals surface area contributed by atoms with Crippen molar-refractivity contribution in [2.45, 2.75) is 30.7 Å². The van der Waals surface area contributed by atoms with Gasteiger partial charge in [-0.25, -0.2) is 13.2 Å². The van der Waals surface area contributed by atoms with Crippen molar-refractivity contribution in [3.63, 3.8) is 0 Å². The van der Waals surface area contributed by atoms with Crippen LogP contribution in [0.1, 0.15) is 19.4 Å². The minimum absolute atomic E-state index is 0.0329. The van der Waals surface area contributed by atoms with Gasteiger partial charge in [-0.05, 0) is 44.5 Å². The number of carbonyl (C=O) groups is 1. The number of aromatic nitrogens is 2. The Morgan fingerprint density at radius 1 is 1.25 bits per heavy atom. The summed E-state index contributed by atoms with van der Waals surface area (Å²) in [5.41, 5.74) is 0.785. The number of sulfone groups is 1. The number of aryl methyl sites for hydroxylation is 1. The highest BCUT2D eigenvalue weighted by Crippen LogP contribution is 2.29. The predicted molar refractivity (Wildman–Crippen MR) is 89.1 cm³/mol. The van der Waals surface area contributed by atoms with Gasteiger partial charge in [-0.2, -0.15) is 9.78 Å². The topological polar surface area (TPSA) is 81.5 Å². The maximum atomic E-state index is 12.8. The number of carbonyl (C=O) groups excluding carboxylic acids is 1. The molecule has 0 aliphatic carbocycles. The van der Waals surface area contributed by atoms with Crippen molar-refractivity contribution < 1.29 is 17.9 Å². The minimum atomic E-state index is -3.88. The summed E-state index contributed by atoms with van der Waals surface area (Å²) in [5.74, 6) is 0.241. The highest BCUT2D eigenvalue weighted by atomic mass is 32.2. The smallest absolute Gasteiger partial charge is 0.344 e. The van der Waals surface area contributed by atoms with E-state index in [9.17, 15) is 13.2 Å². The quantitative estimate of drug-likeness (QED) is 0.826. The molecule has 0 unspecified atom stereocenters. The molecule has 0 aliphatic rings. The van der Waals surface area contributed by atoms with Crippen molar-refractivity contribution in [2.75, 3.05) is 20.2 Å². The van der Waals surface area contributed by atoms with E-state index in [-0.39, 0.29) is 21.7 Å². The van der Waals surface area contributed by atoms with E-state index in [1.807, 2.05) is 13.8 Å². The summed E-state index contributed by atoms with van der Waals surface area (Å²) in [4.78, 5) is 13.9. The molecule has 1 amide bonds. The zero-order valence-corrected chi connectivity index (χ0v) is 15.0. The second kappa shape index (κ2) is 7.04. The molecule has 8 heteroatoms. The Hall–Kier alpha value is -2.35. The number of nitrogens with zero attached hydrogens (tertiary/aromatic N) is 3. The van der Waals surface area contributed by atoms with E-state index >= 15 is 0 Å². The minimum Gasteiger partial charge on any atom is -0.495 e. The van der Waals surface area contributed by atoms with E-state index in [1.165, 1.54) is 25.4 Å². The molecule has 0 spiro atoms. The van der Waals surface area contributed by atoms with Gasteiger partial charge in [0.2, 0.25) is 9.84 Å². The molecule has 1 aromatic carbocycles. The zero-order chi connectivity index (χ0) is 17.9. The molecule has 2 rings (SSSR count).